The minimum atomic E-state index is -0.0497. The average Bonchev–Trinajstić information content (AvgIpc) is 2.75. The van der Waals surface area contributed by atoms with Crippen molar-refractivity contribution in [1.29, 1.82) is 0 Å². The quantitative estimate of drug-likeness (QED) is 0.652. The van der Waals surface area contributed by atoms with Crippen molar-refractivity contribution in [3.05, 3.63) is 0 Å². The number of carbonyl (C=O) groups is 1. The van der Waals surface area contributed by atoms with E-state index in [-0.39, 0.29) is 18.1 Å². The molecule has 0 aliphatic carbocycles. The van der Waals surface area contributed by atoms with E-state index in [1.54, 1.807) is 7.11 Å². The topological polar surface area (TPSA) is 50.8 Å². The molecule has 118 valence electrons. The summed E-state index contributed by atoms with van der Waals surface area (Å²) in [5.74, 6) is 0.975. The summed E-state index contributed by atoms with van der Waals surface area (Å²) in [5.41, 5.74) is 0. The number of carbonyl (C=O) groups excluding carboxylic acids is 1. The number of hydrogen-bond donors (Lipinski definition) is 1. The van der Waals surface area contributed by atoms with Gasteiger partial charge < -0.3 is 14.4 Å². The fourth-order valence-corrected chi connectivity index (χ4v) is 2.51. The Balaban J connectivity index is 2.54. The lowest BCUT2D eigenvalue weighted by Crippen LogP contribution is -2.43. The molecule has 0 spiro atoms. The van der Waals surface area contributed by atoms with Gasteiger partial charge in [-0.15, -0.1) is 0 Å². The van der Waals surface area contributed by atoms with Crippen LogP contribution in [0.1, 0.15) is 34.1 Å². The summed E-state index contributed by atoms with van der Waals surface area (Å²) in [6.45, 7) is 10.9. The van der Waals surface area contributed by atoms with Crippen LogP contribution in [-0.4, -0.2) is 56.5 Å². The number of methoxy groups -OCH3 is 1. The van der Waals surface area contributed by atoms with Gasteiger partial charge in [0.05, 0.1) is 32.0 Å². The fraction of sp³-hybridized carbons (Fsp3) is 0.933. The third kappa shape index (κ3) is 4.43. The first-order chi connectivity index (χ1) is 9.52. The smallest absolute Gasteiger partial charge is 0.241 e. The molecular formula is C15H30N2O3. The van der Waals surface area contributed by atoms with Gasteiger partial charge in [-0.05, 0) is 11.8 Å². The Kier molecular flexibility index (Phi) is 7.48. The lowest BCUT2D eigenvalue weighted by molar-refractivity contribution is -0.132. The summed E-state index contributed by atoms with van der Waals surface area (Å²) in [6.07, 6.45) is 1.12. The van der Waals surface area contributed by atoms with Gasteiger partial charge in [0.2, 0.25) is 5.91 Å². The molecular weight excluding hydrogens is 256 g/mol. The molecule has 0 aromatic heterocycles. The van der Waals surface area contributed by atoms with Gasteiger partial charge in [-0.2, -0.15) is 0 Å². The molecule has 3 atom stereocenters. The van der Waals surface area contributed by atoms with E-state index in [0.29, 0.717) is 38.2 Å². The van der Waals surface area contributed by atoms with E-state index in [1.807, 2.05) is 4.90 Å². The molecule has 1 aliphatic rings. The highest BCUT2D eigenvalue weighted by molar-refractivity contribution is 5.84. The molecule has 0 saturated carbocycles. The standard InChI is InChI=1S/C15H30N2O3/c1-6-12(4)13-15(18)17(14(16-13)11(2)3)7-8-20-10-9-19-5/h11-14,16H,6-10H2,1-5H3. The summed E-state index contributed by atoms with van der Waals surface area (Å²) in [6, 6.07) is -0.0497. The number of ether oxygens (including phenoxy) is 2. The van der Waals surface area contributed by atoms with E-state index in [9.17, 15) is 4.79 Å². The molecule has 0 aromatic carbocycles. The van der Waals surface area contributed by atoms with E-state index in [2.05, 4.69) is 33.0 Å². The van der Waals surface area contributed by atoms with Crippen LogP contribution in [-0.2, 0) is 14.3 Å². The van der Waals surface area contributed by atoms with E-state index >= 15 is 0 Å². The van der Waals surface area contributed by atoms with Crippen LogP contribution in [0.25, 0.3) is 0 Å². The zero-order valence-electron chi connectivity index (χ0n) is 13.5. The highest BCUT2D eigenvalue weighted by atomic mass is 16.5. The molecule has 0 radical (unpaired) electrons. The van der Waals surface area contributed by atoms with Crippen molar-refractivity contribution in [2.24, 2.45) is 11.8 Å². The van der Waals surface area contributed by atoms with Gasteiger partial charge in [0.1, 0.15) is 0 Å². The second-order valence-corrected chi connectivity index (χ2v) is 5.86. The van der Waals surface area contributed by atoms with E-state index in [0.717, 1.165) is 6.42 Å². The largest absolute Gasteiger partial charge is 0.382 e. The van der Waals surface area contributed by atoms with Crippen molar-refractivity contribution in [2.75, 3.05) is 33.5 Å². The van der Waals surface area contributed by atoms with Gasteiger partial charge in [-0.1, -0.05) is 34.1 Å². The van der Waals surface area contributed by atoms with Crippen LogP contribution in [0.4, 0.5) is 0 Å². The zero-order chi connectivity index (χ0) is 15.1. The monoisotopic (exact) mass is 286 g/mol. The normalized spacial score (nSPS) is 24.7. The molecule has 1 fully saturated rings. The van der Waals surface area contributed by atoms with Gasteiger partial charge in [-0.3, -0.25) is 10.1 Å². The van der Waals surface area contributed by atoms with E-state index in [1.165, 1.54) is 0 Å². The Labute approximate surface area is 123 Å². The number of rotatable bonds is 9. The van der Waals surface area contributed by atoms with Crippen LogP contribution in [0.2, 0.25) is 0 Å². The summed E-state index contributed by atoms with van der Waals surface area (Å²) >= 11 is 0. The molecule has 1 aliphatic heterocycles. The van der Waals surface area contributed by atoms with Crippen molar-refractivity contribution >= 4 is 5.91 Å². The summed E-state index contributed by atoms with van der Waals surface area (Å²) in [7, 11) is 1.66. The molecule has 1 amide bonds. The van der Waals surface area contributed by atoms with Crippen LogP contribution in [0.3, 0.4) is 0 Å². The fourth-order valence-electron chi connectivity index (χ4n) is 2.51. The zero-order valence-corrected chi connectivity index (χ0v) is 13.5. The predicted octanol–water partition coefficient (Wildman–Crippen LogP) is 1.48. The first-order valence-corrected chi connectivity index (χ1v) is 7.66. The van der Waals surface area contributed by atoms with E-state index < -0.39 is 0 Å². The molecule has 3 unspecified atom stereocenters. The molecule has 1 saturated heterocycles. The SMILES string of the molecule is CCC(C)C1NC(C(C)C)N(CCOCCOC)C1=O. The van der Waals surface area contributed by atoms with Gasteiger partial charge in [0.25, 0.3) is 0 Å². The summed E-state index contributed by atoms with van der Waals surface area (Å²) < 4.78 is 10.4. The van der Waals surface area contributed by atoms with Gasteiger partial charge in [0, 0.05) is 13.7 Å². The highest BCUT2D eigenvalue weighted by Gasteiger charge is 2.41. The van der Waals surface area contributed by atoms with Crippen LogP contribution >= 0.6 is 0 Å². The number of nitrogens with one attached hydrogen (secondary N) is 1. The van der Waals surface area contributed by atoms with Crippen molar-refractivity contribution in [3.63, 3.8) is 0 Å². The number of amides is 1. The Bertz CT molecular complexity index is 297. The third-order valence-electron chi connectivity index (χ3n) is 3.99. The maximum absolute atomic E-state index is 12.5. The minimum Gasteiger partial charge on any atom is -0.382 e. The van der Waals surface area contributed by atoms with Crippen LogP contribution in [0.15, 0.2) is 0 Å². The van der Waals surface area contributed by atoms with Gasteiger partial charge in [0.15, 0.2) is 0 Å². The average molecular weight is 286 g/mol. The maximum atomic E-state index is 12.5. The molecule has 0 bridgehead atoms. The first kappa shape index (κ1) is 17.4. The Morgan fingerprint density at radius 3 is 2.50 bits per heavy atom. The molecule has 5 nitrogen and oxygen atoms in total. The highest BCUT2D eigenvalue weighted by Crippen LogP contribution is 2.22. The molecule has 20 heavy (non-hydrogen) atoms. The predicted molar refractivity (Wildman–Crippen MR) is 79.4 cm³/mol. The molecule has 1 heterocycles. The number of hydrogen-bond acceptors (Lipinski definition) is 4. The molecule has 1 N–H and O–H groups in total. The second-order valence-electron chi connectivity index (χ2n) is 5.86. The van der Waals surface area contributed by atoms with Crippen molar-refractivity contribution in [2.45, 2.75) is 46.3 Å². The maximum Gasteiger partial charge on any atom is 0.241 e. The van der Waals surface area contributed by atoms with Crippen LogP contribution < -0.4 is 5.32 Å². The third-order valence-corrected chi connectivity index (χ3v) is 3.99. The second kappa shape index (κ2) is 8.60. The first-order valence-electron chi connectivity index (χ1n) is 7.66. The Hall–Kier alpha value is -0.650. The lowest BCUT2D eigenvalue weighted by Gasteiger charge is -2.27. The molecule has 0 aromatic rings. The molecule has 5 heteroatoms. The van der Waals surface area contributed by atoms with Crippen LogP contribution in [0, 0.1) is 11.8 Å². The Morgan fingerprint density at radius 2 is 1.95 bits per heavy atom. The van der Waals surface area contributed by atoms with Gasteiger partial charge in [-0.25, -0.2) is 0 Å². The minimum absolute atomic E-state index is 0.0497. The Morgan fingerprint density at radius 1 is 1.25 bits per heavy atom. The van der Waals surface area contributed by atoms with Gasteiger partial charge >= 0.3 is 0 Å². The van der Waals surface area contributed by atoms with E-state index in [4.69, 9.17) is 9.47 Å². The van der Waals surface area contributed by atoms with Crippen LogP contribution in [0.5, 0.6) is 0 Å². The van der Waals surface area contributed by atoms with Crippen molar-refractivity contribution < 1.29 is 14.3 Å². The molecule has 1 rings (SSSR count). The summed E-state index contributed by atoms with van der Waals surface area (Å²) in [4.78, 5) is 14.5. The lowest BCUT2D eigenvalue weighted by atomic mass is 9.99. The number of nitrogens with zero attached hydrogens (tertiary/aromatic N) is 1. The van der Waals surface area contributed by atoms with Crippen molar-refractivity contribution in [1.82, 2.24) is 10.2 Å². The summed E-state index contributed by atoms with van der Waals surface area (Å²) in [5, 5.41) is 3.49. The van der Waals surface area contributed by atoms with Crippen molar-refractivity contribution in [3.8, 4) is 0 Å².